The molecule has 0 fully saturated rings. The second kappa shape index (κ2) is 7.47. The van der Waals surface area contributed by atoms with Crippen LogP contribution in [-0.4, -0.2) is 25.7 Å². The van der Waals surface area contributed by atoms with E-state index >= 15 is 0 Å². The Hall–Kier alpha value is -2.54. The van der Waals surface area contributed by atoms with E-state index in [9.17, 15) is 13.2 Å². The van der Waals surface area contributed by atoms with Crippen molar-refractivity contribution in [1.29, 1.82) is 0 Å². The van der Waals surface area contributed by atoms with E-state index < -0.39 is 10.0 Å². The topological polar surface area (TPSA) is 84.5 Å². The van der Waals surface area contributed by atoms with Gasteiger partial charge >= 0.3 is 0 Å². The molecule has 1 amide bonds. The van der Waals surface area contributed by atoms with Crippen molar-refractivity contribution in [3.05, 3.63) is 59.2 Å². The molecule has 1 aliphatic heterocycles. The molecule has 2 aromatic rings. The van der Waals surface area contributed by atoms with Gasteiger partial charge in [0, 0.05) is 23.2 Å². The molecule has 6 nitrogen and oxygen atoms in total. The van der Waals surface area contributed by atoms with Crippen molar-refractivity contribution in [3.8, 4) is 5.75 Å². The Morgan fingerprint density at radius 3 is 2.50 bits per heavy atom. The molecule has 0 unspecified atom stereocenters. The molecular formula is C21H26N2O4S. The van der Waals surface area contributed by atoms with Gasteiger partial charge in [-0.25, -0.2) is 8.42 Å². The van der Waals surface area contributed by atoms with Gasteiger partial charge in [-0.2, -0.15) is 0 Å². The van der Waals surface area contributed by atoms with Gasteiger partial charge in [-0.1, -0.05) is 12.1 Å². The molecule has 0 saturated heterocycles. The lowest BCUT2D eigenvalue weighted by Crippen LogP contribution is -2.41. The minimum absolute atomic E-state index is 0.00629. The number of nitrogens with one attached hydrogen (secondary N) is 2. The predicted octanol–water partition coefficient (Wildman–Crippen LogP) is 3.79. The van der Waals surface area contributed by atoms with Crippen molar-refractivity contribution >= 4 is 21.6 Å². The lowest BCUT2D eigenvalue weighted by atomic mass is 9.89. The predicted molar refractivity (Wildman–Crippen MR) is 110 cm³/mol. The number of carbonyl (C=O) groups excluding carboxylic acids is 1. The van der Waals surface area contributed by atoms with Gasteiger partial charge in [-0.3, -0.25) is 9.52 Å². The molecule has 1 aliphatic rings. The smallest absolute Gasteiger partial charge is 0.251 e. The highest BCUT2D eigenvalue weighted by Gasteiger charge is 2.34. The summed E-state index contributed by atoms with van der Waals surface area (Å²) in [6, 6.07) is 12.2. The van der Waals surface area contributed by atoms with Crippen LogP contribution in [0.1, 0.15) is 54.7 Å². The van der Waals surface area contributed by atoms with E-state index in [0.717, 1.165) is 16.9 Å². The normalized spacial score (nSPS) is 17.9. The summed E-state index contributed by atoms with van der Waals surface area (Å²) in [5, 5.41) is 3.09. The number of fused-ring (bicyclic) bond motifs is 1. The minimum atomic E-state index is -3.34. The number of aryl methyl sites for hydroxylation is 1. The molecule has 28 heavy (non-hydrogen) atoms. The van der Waals surface area contributed by atoms with E-state index in [1.165, 1.54) is 0 Å². The van der Waals surface area contributed by atoms with Crippen LogP contribution in [0.5, 0.6) is 5.75 Å². The van der Waals surface area contributed by atoms with Crippen molar-refractivity contribution < 1.29 is 17.9 Å². The third-order valence-corrected chi connectivity index (χ3v) is 6.04. The molecule has 3 rings (SSSR count). The summed E-state index contributed by atoms with van der Waals surface area (Å²) in [7, 11) is -3.34. The van der Waals surface area contributed by atoms with Crippen LogP contribution in [0, 0.1) is 6.92 Å². The molecule has 0 bridgehead atoms. The van der Waals surface area contributed by atoms with Crippen LogP contribution in [0.2, 0.25) is 0 Å². The van der Waals surface area contributed by atoms with Crippen LogP contribution in [0.4, 0.5) is 5.69 Å². The molecule has 2 aromatic carbocycles. The number of rotatable bonds is 5. The van der Waals surface area contributed by atoms with E-state index in [4.69, 9.17) is 4.74 Å². The van der Waals surface area contributed by atoms with Crippen LogP contribution in [0.25, 0.3) is 0 Å². The van der Waals surface area contributed by atoms with Crippen molar-refractivity contribution in [2.45, 2.75) is 45.8 Å². The number of benzene rings is 2. The number of hydrogen-bond acceptors (Lipinski definition) is 4. The first kappa shape index (κ1) is 20.2. The minimum Gasteiger partial charge on any atom is -0.487 e. The van der Waals surface area contributed by atoms with Crippen LogP contribution < -0.4 is 14.8 Å². The zero-order valence-electron chi connectivity index (χ0n) is 16.6. The van der Waals surface area contributed by atoms with Crippen molar-refractivity contribution in [1.82, 2.24) is 5.32 Å². The van der Waals surface area contributed by atoms with Crippen molar-refractivity contribution in [3.63, 3.8) is 0 Å². The first-order chi connectivity index (χ1) is 13.1. The van der Waals surface area contributed by atoms with Crippen LogP contribution in [0.3, 0.4) is 0 Å². The molecule has 2 N–H and O–H groups in total. The standard InChI is InChI=1S/C21H26N2O4S/c1-5-28(25,26)23-16-9-7-15(8-10-16)20(24)22-18-13-21(3,4)27-19-12-14(2)6-11-17(18)19/h6-12,18,23H,5,13H2,1-4H3,(H,22,24)/t18-/m1/s1. The summed E-state index contributed by atoms with van der Waals surface area (Å²) < 4.78 is 31.8. The molecule has 150 valence electrons. The van der Waals surface area contributed by atoms with Gasteiger partial charge in [0.05, 0.1) is 11.8 Å². The third kappa shape index (κ3) is 4.65. The van der Waals surface area contributed by atoms with Gasteiger partial charge in [0.15, 0.2) is 0 Å². The zero-order chi connectivity index (χ0) is 20.5. The maximum Gasteiger partial charge on any atom is 0.251 e. The van der Waals surface area contributed by atoms with Gasteiger partial charge in [0.2, 0.25) is 10.0 Å². The first-order valence-electron chi connectivity index (χ1n) is 9.29. The average Bonchev–Trinajstić information content (AvgIpc) is 2.60. The monoisotopic (exact) mass is 402 g/mol. The van der Waals surface area contributed by atoms with E-state index in [-0.39, 0.29) is 23.3 Å². The molecule has 0 aromatic heterocycles. The zero-order valence-corrected chi connectivity index (χ0v) is 17.4. The van der Waals surface area contributed by atoms with Crippen molar-refractivity contribution in [2.24, 2.45) is 0 Å². The highest BCUT2D eigenvalue weighted by molar-refractivity contribution is 7.92. The number of anilines is 1. The third-order valence-electron chi connectivity index (χ3n) is 4.73. The number of ether oxygens (including phenoxy) is 1. The van der Waals surface area contributed by atoms with Gasteiger partial charge < -0.3 is 10.1 Å². The Morgan fingerprint density at radius 1 is 1.18 bits per heavy atom. The Balaban J connectivity index is 1.78. The van der Waals surface area contributed by atoms with E-state index in [1.807, 2.05) is 39.0 Å². The SMILES string of the molecule is CCS(=O)(=O)Nc1ccc(C(=O)N[C@@H]2CC(C)(C)Oc3cc(C)ccc32)cc1. The highest BCUT2D eigenvalue weighted by Crippen LogP contribution is 2.40. The van der Waals surface area contributed by atoms with Gasteiger partial charge in [-0.15, -0.1) is 0 Å². The molecule has 0 saturated carbocycles. The summed E-state index contributed by atoms with van der Waals surface area (Å²) in [6.07, 6.45) is 0.656. The second-order valence-electron chi connectivity index (χ2n) is 7.72. The number of hydrogen-bond donors (Lipinski definition) is 2. The Bertz CT molecular complexity index is 982. The fraction of sp³-hybridized carbons (Fsp3) is 0.381. The summed E-state index contributed by atoms with van der Waals surface area (Å²) in [6.45, 7) is 7.59. The average molecular weight is 403 g/mol. The fourth-order valence-electron chi connectivity index (χ4n) is 3.27. The summed E-state index contributed by atoms with van der Waals surface area (Å²) in [4.78, 5) is 12.8. The van der Waals surface area contributed by atoms with Crippen LogP contribution in [0.15, 0.2) is 42.5 Å². The lowest BCUT2D eigenvalue weighted by molar-refractivity contribution is 0.0619. The van der Waals surface area contributed by atoms with Crippen molar-refractivity contribution in [2.75, 3.05) is 10.5 Å². The van der Waals surface area contributed by atoms with Gasteiger partial charge in [0.1, 0.15) is 11.4 Å². The van der Waals surface area contributed by atoms with E-state index in [0.29, 0.717) is 17.7 Å². The number of carbonyl (C=O) groups is 1. The first-order valence-corrected chi connectivity index (χ1v) is 10.9. The Kier molecular flexibility index (Phi) is 5.39. The number of sulfonamides is 1. The number of amides is 1. The Morgan fingerprint density at radius 2 is 1.86 bits per heavy atom. The summed E-state index contributed by atoms with van der Waals surface area (Å²) >= 11 is 0. The molecule has 1 heterocycles. The maximum absolute atomic E-state index is 12.8. The highest BCUT2D eigenvalue weighted by atomic mass is 32.2. The van der Waals surface area contributed by atoms with Gasteiger partial charge in [-0.05, 0) is 63.6 Å². The van der Waals surface area contributed by atoms with E-state index in [1.54, 1.807) is 31.2 Å². The van der Waals surface area contributed by atoms with E-state index in [2.05, 4.69) is 10.0 Å². The molecular weight excluding hydrogens is 376 g/mol. The second-order valence-corrected chi connectivity index (χ2v) is 9.73. The Labute approximate surface area is 166 Å². The summed E-state index contributed by atoms with van der Waals surface area (Å²) in [5.74, 6) is 0.582. The van der Waals surface area contributed by atoms with Crippen LogP contribution in [-0.2, 0) is 10.0 Å². The largest absolute Gasteiger partial charge is 0.487 e. The quantitative estimate of drug-likeness (QED) is 0.797. The lowest BCUT2D eigenvalue weighted by Gasteiger charge is -2.38. The molecule has 0 aliphatic carbocycles. The molecule has 7 heteroatoms. The molecule has 1 atom stereocenters. The molecule has 0 spiro atoms. The fourth-order valence-corrected chi connectivity index (χ4v) is 3.91. The van der Waals surface area contributed by atoms with Crippen LogP contribution >= 0.6 is 0 Å². The molecule has 0 radical (unpaired) electrons. The van der Waals surface area contributed by atoms with Gasteiger partial charge in [0.25, 0.3) is 5.91 Å². The summed E-state index contributed by atoms with van der Waals surface area (Å²) in [5.41, 5.74) is 2.59. The maximum atomic E-state index is 12.8.